The van der Waals surface area contributed by atoms with Gasteiger partial charge in [-0.05, 0) is 0 Å². The standard InChI is InChI=1S/2C8H7NO4.3C6H4F.Sb/c2*10-8(11)5-6-1-3-7(4-2-6)9(12)13;3*7-6-4-2-1-3-5-6;/h2*1-4H,5H2,(H,10,11);3*2-5H;/q;;;;;+2/p-2. The number of carboxylic acids is 2. The van der Waals surface area contributed by atoms with Gasteiger partial charge in [0, 0.05) is 0 Å². The average molecular weight is 767 g/mol. The summed E-state index contributed by atoms with van der Waals surface area (Å²) in [6.07, 6.45) is -0.887. The van der Waals surface area contributed by atoms with Gasteiger partial charge in [-0.1, -0.05) is 0 Å². The van der Waals surface area contributed by atoms with Crippen molar-refractivity contribution < 1.29 is 49.1 Å². The molecule has 0 fully saturated rings. The summed E-state index contributed by atoms with van der Waals surface area (Å²) in [5, 5.41) is 22.2. The third-order valence-electron chi connectivity index (χ3n) is 7.34. The van der Waals surface area contributed by atoms with Crippen molar-refractivity contribution in [3.05, 3.63) is 160 Å². The van der Waals surface area contributed by atoms with E-state index in [1.807, 2.05) is 0 Å². The molecular weight excluding hydrogens is 743 g/mol. The van der Waals surface area contributed by atoms with Crippen molar-refractivity contribution in [1.29, 1.82) is 0 Å². The van der Waals surface area contributed by atoms with E-state index in [1.165, 1.54) is 84.9 Å². The zero-order valence-corrected chi connectivity index (χ0v) is 27.3. The minimum absolute atomic E-state index is 0.00809. The maximum atomic E-state index is 14.4. The molecule has 0 unspecified atom stereocenters. The molecule has 0 heterocycles. The first-order chi connectivity index (χ1) is 22.9. The van der Waals surface area contributed by atoms with E-state index in [0.29, 0.717) is 11.1 Å². The molecule has 0 saturated carbocycles. The number of hydrogen-bond donors (Lipinski definition) is 0. The Morgan fingerprint density at radius 2 is 0.771 bits per heavy atom. The van der Waals surface area contributed by atoms with Crippen LogP contribution in [0, 0.1) is 27.3 Å². The fraction of sp³-hybridized carbons (Fsp3) is 0.0588. The Morgan fingerprint density at radius 3 is 1.02 bits per heavy atom. The Morgan fingerprint density at radius 1 is 0.500 bits per heavy atom. The predicted octanol–water partition coefficient (Wildman–Crippen LogP) is 2.19. The molecule has 5 aromatic carbocycles. The van der Waals surface area contributed by atoms with Crippen molar-refractivity contribution in [1.82, 2.24) is 0 Å². The zero-order valence-electron chi connectivity index (χ0n) is 24.7. The van der Waals surface area contributed by atoms with E-state index in [9.17, 15) is 42.8 Å². The number of benzene rings is 5. The van der Waals surface area contributed by atoms with E-state index in [2.05, 4.69) is 0 Å². The first-order valence-electron chi connectivity index (χ1n) is 14.1. The topological polar surface area (TPSA) is 139 Å². The molecule has 5 rings (SSSR count). The number of carbonyl (C=O) groups excluding carboxylic acids is 2. The van der Waals surface area contributed by atoms with Crippen LogP contribution in [0.15, 0.2) is 121 Å². The second-order valence-electron chi connectivity index (χ2n) is 10.5. The van der Waals surface area contributed by atoms with E-state index in [4.69, 9.17) is 6.23 Å². The summed E-state index contributed by atoms with van der Waals surface area (Å²) in [6, 6.07) is 24.0. The molecule has 244 valence electrons. The van der Waals surface area contributed by atoms with Crippen molar-refractivity contribution >= 4 is 52.1 Å². The zero-order chi connectivity index (χ0) is 34.5. The van der Waals surface area contributed by atoms with Crippen LogP contribution in [0.3, 0.4) is 0 Å². The molecule has 0 aliphatic rings. The van der Waals surface area contributed by atoms with E-state index < -0.39 is 60.5 Å². The van der Waals surface area contributed by atoms with Crippen LogP contribution in [0.5, 0.6) is 0 Å². The molecule has 0 bridgehead atoms. The SMILES string of the molecule is O=C([O-])Cc1ccc([N+](=O)[O][Sb]([O][N+](=O)c2ccc(CC(=O)[O-])cc2)([c]2ccc(F)cc2)([c]2ccc(F)cc2)[c]2ccc(F)cc2)cc1. The van der Waals surface area contributed by atoms with Crippen LogP contribution in [-0.2, 0) is 28.7 Å². The summed E-state index contributed by atoms with van der Waals surface area (Å²) < 4.78 is 56.1. The summed E-state index contributed by atoms with van der Waals surface area (Å²) in [5.74, 6) is -4.80. The number of hydrogen-bond acceptors (Lipinski definition) is 8. The Labute approximate surface area is 272 Å². The molecule has 0 spiro atoms. The van der Waals surface area contributed by atoms with Gasteiger partial charge in [-0.2, -0.15) is 0 Å². The summed E-state index contributed by atoms with van der Waals surface area (Å²) >= 11 is -6.88. The molecule has 48 heavy (non-hydrogen) atoms. The molecule has 0 aromatic heterocycles. The Kier molecular flexibility index (Phi) is 9.62. The van der Waals surface area contributed by atoms with E-state index in [1.54, 1.807) is 0 Å². The molecule has 5 aromatic rings. The van der Waals surface area contributed by atoms with Gasteiger partial charge in [0.25, 0.3) is 0 Å². The van der Waals surface area contributed by atoms with Crippen molar-refractivity contribution in [3.8, 4) is 0 Å². The van der Waals surface area contributed by atoms with Gasteiger partial charge in [-0.15, -0.1) is 0 Å². The maximum absolute atomic E-state index is 14.4. The van der Waals surface area contributed by atoms with E-state index in [0.717, 1.165) is 36.4 Å². The van der Waals surface area contributed by atoms with Crippen LogP contribution in [0.4, 0.5) is 24.5 Å². The van der Waals surface area contributed by atoms with E-state index >= 15 is 0 Å². The van der Waals surface area contributed by atoms with Gasteiger partial charge in [0.15, 0.2) is 0 Å². The van der Waals surface area contributed by atoms with Crippen molar-refractivity contribution in [2.45, 2.75) is 12.8 Å². The Balaban J connectivity index is 1.81. The van der Waals surface area contributed by atoms with Crippen LogP contribution in [0.25, 0.3) is 0 Å². The van der Waals surface area contributed by atoms with Gasteiger partial charge in [-0.3, -0.25) is 0 Å². The quantitative estimate of drug-likeness (QED) is 0.131. The van der Waals surface area contributed by atoms with Gasteiger partial charge in [0.2, 0.25) is 0 Å². The van der Waals surface area contributed by atoms with Gasteiger partial charge in [0.05, 0.1) is 0 Å². The molecular formula is C34H24F3N2O8Sb. The van der Waals surface area contributed by atoms with Gasteiger partial charge < -0.3 is 0 Å². The summed E-state index contributed by atoms with van der Waals surface area (Å²) in [4.78, 5) is 50.5. The summed E-state index contributed by atoms with van der Waals surface area (Å²) in [5.41, 5.74) is 0.231. The van der Waals surface area contributed by atoms with E-state index in [-0.39, 0.29) is 31.8 Å². The molecule has 0 aliphatic heterocycles. The molecule has 0 N–H and O–H groups in total. The van der Waals surface area contributed by atoms with Crippen molar-refractivity contribution in [3.63, 3.8) is 0 Å². The molecule has 0 atom stereocenters. The number of carboxylic acid groups (broad SMARTS) is 2. The first kappa shape index (κ1) is 33.8. The molecule has 0 saturated heterocycles. The second-order valence-corrected chi connectivity index (χ2v) is 21.3. The second kappa shape index (κ2) is 13.7. The van der Waals surface area contributed by atoms with Crippen LogP contribution in [-0.4, -0.2) is 40.0 Å². The van der Waals surface area contributed by atoms with Crippen LogP contribution < -0.4 is 20.7 Å². The molecule has 10 nitrogen and oxygen atoms in total. The summed E-state index contributed by atoms with van der Waals surface area (Å²) in [7, 11) is 0. The monoisotopic (exact) mass is 766 g/mol. The third kappa shape index (κ3) is 6.77. The number of nitrogens with zero attached hydrogens (tertiary/aromatic N) is 2. The Hall–Kier alpha value is -5.55. The molecule has 0 radical (unpaired) electrons. The van der Waals surface area contributed by atoms with Crippen molar-refractivity contribution in [2.24, 2.45) is 0 Å². The fourth-order valence-corrected chi connectivity index (χ4v) is 17.4. The Bertz CT molecular complexity index is 1800. The predicted molar refractivity (Wildman–Crippen MR) is 163 cm³/mol. The number of carbonyl (C=O) groups is 2. The number of halogens is 3. The normalized spacial score (nSPS) is 11.9. The van der Waals surface area contributed by atoms with Gasteiger partial charge >= 0.3 is 274 Å². The molecule has 0 aliphatic carbocycles. The number of aliphatic carboxylic acids is 2. The van der Waals surface area contributed by atoms with Crippen LogP contribution in [0.2, 0.25) is 0 Å². The molecule has 14 heteroatoms. The van der Waals surface area contributed by atoms with Crippen molar-refractivity contribution in [2.75, 3.05) is 0 Å². The molecule has 0 amide bonds. The fourth-order valence-electron chi connectivity index (χ4n) is 5.06. The summed E-state index contributed by atoms with van der Waals surface area (Å²) in [6.45, 7) is 0. The third-order valence-corrected chi connectivity index (χ3v) is 20.5. The van der Waals surface area contributed by atoms with Crippen LogP contribution in [0.1, 0.15) is 11.1 Å². The number of rotatable bonds is 13. The average Bonchev–Trinajstić information content (AvgIpc) is 3.05. The first-order valence-corrected chi connectivity index (χ1v) is 20.0. The van der Waals surface area contributed by atoms with Gasteiger partial charge in [0.1, 0.15) is 0 Å². The minimum atomic E-state index is -6.88. The van der Waals surface area contributed by atoms with Crippen LogP contribution >= 0.6 is 0 Å². The van der Waals surface area contributed by atoms with Gasteiger partial charge in [-0.25, -0.2) is 0 Å².